The van der Waals surface area contributed by atoms with Crippen LogP contribution in [-0.2, 0) is 0 Å². The normalized spacial score (nSPS) is 12.8. The molecule has 0 nitrogen and oxygen atoms in total. The van der Waals surface area contributed by atoms with Gasteiger partial charge in [-0.3, -0.25) is 0 Å². The average Bonchev–Trinajstić information content (AvgIpc) is 1.35. The van der Waals surface area contributed by atoms with Gasteiger partial charge in [0.2, 0.25) is 0 Å². The number of halogens is 4. The summed E-state index contributed by atoms with van der Waals surface area (Å²) in [5.41, 5.74) is 1.35. The van der Waals surface area contributed by atoms with E-state index in [4.69, 9.17) is 29.4 Å². The Morgan fingerprint density at radius 1 is 1.33 bits per heavy atom. The summed E-state index contributed by atoms with van der Waals surface area (Å²) in [5.74, 6) is 0. The molecular formula is C2H2Cl3I. The molecule has 0 bridgehead atoms. The van der Waals surface area contributed by atoms with Crippen LogP contribution in [0.4, 0.5) is 0 Å². The molecule has 0 unspecified atom stereocenters. The first kappa shape index (κ1) is 7.34. The van der Waals surface area contributed by atoms with Crippen LogP contribution in [0, 0.1) is 0 Å². The predicted octanol–water partition coefficient (Wildman–Crippen LogP) is 3.51. The Balaban J connectivity index is 3.03. The van der Waals surface area contributed by atoms with Gasteiger partial charge in [0, 0.05) is 0 Å². The Morgan fingerprint density at radius 2 is 1.83 bits per heavy atom. The summed E-state index contributed by atoms with van der Waals surface area (Å²) in [7, 11) is 10.7. The fourth-order valence-corrected chi connectivity index (χ4v) is 2.17. The van der Waals surface area contributed by atoms with E-state index in [0.717, 1.165) is 0 Å². The number of hydrogen-bond donors (Lipinski definition) is 0. The van der Waals surface area contributed by atoms with E-state index in [-0.39, 0.29) is 0 Å². The van der Waals surface area contributed by atoms with Crippen molar-refractivity contribution in [2.75, 3.05) is 0 Å². The maximum absolute atomic E-state index is 5.33. The van der Waals surface area contributed by atoms with Crippen molar-refractivity contribution < 1.29 is 0 Å². The standard InChI is InChI=1S/C2H2Cl3I/c3-1-2-6(4)5/h1-2H/b2-1+. The number of hydrogen-bond acceptors (Lipinski definition) is 0. The van der Waals surface area contributed by atoms with Crippen LogP contribution in [-0.4, -0.2) is 0 Å². The summed E-state index contributed by atoms with van der Waals surface area (Å²) >= 11 is 3.41. The van der Waals surface area contributed by atoms with Crippen molar-refractivity contribution in [3.8, 4) is 0 Å². The Morgan fingerprint density at radius 3 is 1.83 bits per heavy atom. The van der Waals surface area contributed by atoms with Crippen LogP contribution in [0.15, 0.2) is 9.62 Å². The van der Waals surface area contributed by atoms with Crippen LogP contribution < -0.4 is 0 Å². The van der Waals surface area contributed by atoms with Gasteiger partial charge in [-0.1, -0.05) is 0 Å². The minimum atomic E-state index is -1.68. The molecule has 0 aliphatic heterocycles. The van der Waals surface area contributed by atoms with E-state index in [1.54, 1.807) is 4.08 Å². The van der Waals surface area contributed by atoms with Crippen molar-refractivity contribution >= 4 is 47.0 Å². The van der Waals surface area contributed by atoms with Gasteiger partial charge in [0.25, 0.3) is 0 Å². The van der Waals surface area contributed by atoms with E-state index in [9.17, 15) is 0 Å². The molecule has 0 aromatic rings. The monoisotopic (exact) mass is 258 g/mol. The first-order valence-corrected chi connectivity index (χ1v) is 8.20. The van der Waals surface area contributed by atoms with Gasteiger partial charge in [-0.05, 0) is 0 Å². The van der Waals surface area contributed by atoms with Gasteiger partial charge in [-0.15, -0.1) is 0 Å². The molecule has 4 heteroatoms. The van der Waals surface area contributed by atoms with Gasteiger partial charge >= 0.3 is 56.6 Å². The van der Waals surface area contributed by atoms with Crippen molar-refractivity contribution in [3.63, 3.8) is 0 Å². The van der Waals surface area contributed by atoms with Gasteiger partial charge in [-0.2, -0.15) is 0 Å². The minimum absolute atomic E-state index is 1.35. The van der Waals surface area contributed by atoms with Crippen LogP contribution in [0.25, 0.3) is 0 Å². The topological polar surface area (TPSA) is 0 Å². The molecule has 0 rings (SSSR count). The van der Waals surface area contributed by atoms with Crippen molar-refractivity contribution in [3.05, 3.63) is 9.62 Å². The molecule has 0 aromatic carbocycles. The van der Waals surface area contributed by atoms with E-state index in [1.165, 1.54) is 5.54 Å². The van der Waals surface area contributed by atoms with Gasteiger partial charge in [0.1, 0.15) is 0 Å². The molecular weight excluding hydrogens is 257 g/mol. The molecule has 0 atom stereocenters. The molecule has 38 valence electrons. The summed E-state index contributed by atoms with van der Waals surface area (Å²) in [6.45, 7) is 0. The average molecular weight is 259 g/mol. The molecule has 0 fully saturated rings. The zero-order valence-electron chi connectivity index (χ0n) is 2.67. The van der Waals surface area contributed by atoms with Crippen molar-refractivity contribution in [1.82, 2.24) is 0 Å². The van der Waals surface area contributed by atoms with Crippen LogP contribution in [0.3, 0.4) is 0 Å². The van der Waals surface area contributed by atoms with Gasteiger partial charge < -0.3 is 0 Å². The third-order valence-electron chi connectivity index (χ3n) is 0.143. The third-order valence-corrected chi connectivity index (χ3v) is 2.87. The Labute approximate surface area is 56.3 Å². The van der Waals surface area contributed by atoms with Crippen molar-refractivity contribution in [2.45, 2.75) is 0 Å². The fraction of sp³-hybridized carbons (Fsp3) is 0. The summed E-state index contributed by atoms with van der Waals surface area (Å²) in [5, 5.41) is 0. The molecule has 0 saturated heterocycles. The second-order valence-corrected chi connectivity index (χ2v) is 7.80. The fourth-order valence-electron chi connectivity index (χ4n) is 0.0360. The molecule has 0 aliphatic rings. The van der Waals surface area contributed by atoms with Crippen molar-refractivity contribution in [1.29, 1.82) is 0 Å². The summed E-state index contributed by atoms with van der Waals surface area (Å²) < 4.78 is 1.62. The SMILES string of the molecule is Cl/C=C/I(Cl)Cl. The zero-order chi connectivity index (χ0) is 4.99. The first-order valence-electron chi connectivity index (χ1n) is 1.06. The summed E-state index contributed by atoms with van der Waals surface area (Å²) in [6.07, 6.45) is 0. The van der Waals surface area contributed by atoms with Crippen LogP contribution >= 0.6 is 47.0 Å². The molecule has 0 saturated carbocycles. The molecule has 0 radical (unpaired) electrons. The number of rotatable bonds is 1. The molecule has 0 amide bonds. The molecule has 0 heterocycles. The van der Waals surface area contributed by atoms with Gasteiger partial charge in [0.05, 0.1) is 0 Å². The van der Waals surface area contributed by atoms with E-state index < -0.39 is 17.6 Å². The second kappa shape index (κ2) is 4.50. The molecule has 0 N–H and O–H groups in total. The van der Waals surface area contributed by atoms with E-state index in [2.05, 4.69) is 0 Å². The summed E-state index contributed by atoms with van der Waals surface area (Å²) in [6, 6.07) is 0. The first-order chi connectivity index (χ1) is 2.77. The summed E-state index contributed by atoms with van der Waals surface area (Å²) in [4.78, 5) is 0. The van der Waals surface area contributed by atoms with Crippen LogP contribution in [0.2, 0.25) is 0 Å². The second-order valence-electron chi connectivity index (χ2n) is 0.471. The Kier molecular flexibility index (Phi) is 5.50. The van der Waals surface area contributed by atoms with Crippen LogP contribution in [0.5, 0.6) is 0 Å². The third kappa shape index (κ3) is 5.34. The quantitative estimate of drug-likeness (QED) is 0.632. The van der Waals surface area contributed by atoms with Crippen LogP contribution in [0.1, 0.15) is 0 Å². The zero-order valence-corrected chi connectivity index (χ0v) is 7.09. The van der Waals surface area contributed by atoms with Gasteiger partial charge in [-0.25, -0.2) is 0 Å². The van der Waals surface area contributed by atoms with Crippen molar-refractivity contribution in [2.24, 2.45) is 0 Å². The predicted molar refractivity (Wildman–Crippen MR) is 40.7 cm³/mol. The Hall–Kier alpha value is 1.34. The molecule has 0 spiro atoms. The molecule has 0 aliphatic carbocycles. The van der Waals surface area contributed by atoms with E-state index in [1.807, 2.05) is 0 Å². The molecule has 0 aromatic heterocycles. The van der Waals surface area contributed by atoms with E-state index in [0.29, 0.717) is 0 Å². The molecule has 6 heavy (non-hydrogen) atoms. The Bertz CT molecular complexity index is 50.8. The van der Waals surface area contributed by atoms with E-state index >= 15 is 0 Å². The van der Waals surface area contributed by atoms with Gasteiger partial charge in [0.15, 0.2) is 0 Å². The maximum atomic E-state index is 5.33.